The number of hydrogen-bond donors (Lipinski definition) is 1. The van der Waals surface area contributed by atoms with Gasteiger partial charge in [-0.3, -0.25) is 0 Å². The summed E-state index contributed by atoms with van der Waals surface area (Å²) in [5.41, 5.74) is 6.80. The molecule has 1 aliphatic heterocycles. The van der Waals surface area contributed by atoms with Crippen molar-refractivity contribution >= 4 is 11.8 Å². The van der Waals surface area contributed by atoms with E-state index in [4.69, 9.17) is 14.7 Å². The third kappa shape index (κ3) is 1.64. The molecule has 6 heteroatoms. The van der Waals surface area contributed by atoms with Crippen molar-refractivity contribution in [2.45, 2.75) is 12.0 Å². The van der Waals surface area contributed by atoms with Gasteiger partial charge in [0.15, 0.2) is 0 Å². The fraction of sp³-hybridized carbons (Fsp3) is 0.400. The Hall–Kier alpha value is -1.27. The molecule has 0 bridgehead atoms. The second-order valence-corrected chi connectivity index (χ2v) is 4.85. The fourth-order valence-electron chi connectivity index (χ4n) is 1.72. The van der Waals surface area contributed by atoms with Crippen LogP contribution in [0.1, 0.15) is 11.8 Å². The van der Waals surface area contributed by atoms with Gasteiger partial charge in [0, 0.05) is 17.5 Å². The van der Waals surface area contributed by atoms with E-state index in [1.807, 2.05) is 11.8 Å². The molecule has 16 heavy (non-hydrogen) atoms. The molecular formula is C10H11N3O2S. The van der Waals surface area contributed by atoms with E-state index >= 15 is 0 Å². The molecule has 0 aliphatic carbocycles. The summed E-state index contributed by atoms with van der Waals surface area (Å²) in [5, 5.41) is 3.93. The largest absolute Gasteiger partial charge is 0.472 e. The van der Waals surface area contributed by atoms with Gasteiger partial charge in [0.1, 0.15) is 6.26 Å². The molecule has 3 heterocycles. The van der Waals surface area contributed by atoms with Crippen molar-refractivity contribution in [3.63, 3.8) is 0 Å². The van der Waals surface area contributed by atoms with Gasteiger partial charge >= 0.3 is 0 Å². The maximum atomic E-state index is 5.97. The van der Waals surface area contributed by atoms with Crippen LogP contribution >= 0.6 is 11.8 Å². The van der Waals surface area contributed by atoms with E-state index in [2.05, 4.69) is 10.1 Å². The zero-order chi connectivity index (χ0) is 11.0. The van der Waals surface area contributed by atoms with Crippen LogP contribution in [0.2, 0.25) is 0 Å². The minimum Gasteiger partial charge on any atom is -0.472 e. The first-order valence-electron chi connectivity index (χ1n) is 5.04. The second-order valence-electron chi connectivity index (χ2n) is 3.78. The summed E-state index contributed by atoms with van der Waals surface area (Å²) in [7, 11) is 0. The van der Waals surface area contributed by atoms with E-state index < -0.39 is 0 Å². The van der Waals surface area contributed by atoms with Gasteiger partial charge < -0.3 is 14.7 Å². The Morgan fingerprint density at radius 1 is 1.44 bits per heavy atom. The number of nitrogens with two attached hydrogens (primary N) is 1. The Morgan fingerprint density at radius 2 is 2.38 bits per heavy atom. The smallest absolute Gasteiger partial charge is 0.232 e. The van der Waals surface area contributed by atoms with Crippen LogP contribution in [0.25, 0.3) is 11.4 Å². The summed E-state index contributed by atoms with van der Waals surface area (Å²) >= 11 is 1.82. The zero-order valence-corrected chi connectivity index (χ0v) is 9.31. The van der Waals surface area contributed by atoms with Crippen LogP contribution in [0.3, 0.4) is 0 Å². The molecule has 2 atom stereocenters. The van der Waals surface area contributed by atoms with Crippen LogP contribution in [0.15, 0.2) is 27.5 Å². The maximum absolute atomic E-state index is 5.97. The van der Waals surface area contributed by atoms with E-state index in [-0.39, 0.29) is 12.0 Å². The lowest BCUT2D eigenvalue weighted by Gasteiger charge is -2.07. The Kier molecular flexibility index (Phi) is 2.45. The summed E-state index contributed by atoms with van der Waals surface area (Å²) in [6.45, 7) is 0. The SMILES string of the molecule is NC1CSCC1c1nc(-c2ccoc2)no1. The van der Waals surface area contributed by atoms with Gasteiger partial charge in [-0.05, 0) is 6.07 Å². The van der Waals surface area contributed by atoms with E-state index in [1.165, 1.54) is 0 Å². The van der Waals surface area contributed by atoms with Gasteiger partial charge in [-0.15, -0.1) is 0 Å². The van der Waals surface area contributed by atoms with Gasteiger partial charge in [-0.25, -0.2) is 0 Å². The van der Waals surface area contributed by atoms with Crippen molar-refractivity contribution in [1.82, 2.24) is 10.1 Å². The van der Waals surface area contributed by atoms with Crippen molar-refractivity contribution in [2.24, 2.45) is 5.73 Å². The molecule has 84 valence electrons. The minimum atomic E-state index is 0.114. The standard InChI is InChI=1S/C10H11N3O2S/c11-8-5-16-4-7(8)10-12-9(13-15-10)6-1-2-14-3-6/h1-3,7-8H,4-5,11H2. The minimum absolute atomic E-state index is 0.114. The third-order valence-electron chi connectivity index (χ3n) is 2.66. The lowest BCUT2D eigenvalue weighted by atomic mass is 10.1. The number of aromatic nitrogens is 2. The fourth-order valence-corrected chi connectivity index (χ4v) is 3.00. The molecule has 1 aliphatic rings. The first-order valence-corrected chi connectivity index (χ1v) is 6.19. The van der Waals surface area contributed by atoms with Crippen LogP contribution < -0.4 is 5.73 Å². The average molecular weight is 237 g/mol. The molecule has 2 N–H and O–H groups in total. The molecule has 0 radical (unpaired) electrons. The molecule has 3 rings (SSSR count). The summed E-state index contributed by atoms with van der Waals surface area (Å²) < 4.78 is 10.2. The van der Waals surface area contributed by atoms with Crippen molar-refractivity contribution in [1.29, 1.82) is 0 Å². The Morgan fingerprint density at radius 3 is 3.06 bits per heavy atom. The summed E-state index contributed by atoms with van der Waals surface area (Å²) in [6.07, 6.45) is 3.18. The molecule has 1 fully saturated rings. The number of nitrogens with zero attached hydrogens (tertiary/aromatic N) is 2. The van der Waals surface area contributed by atoms with E-state index in [9.17, 15) is 0 Å². The van der Waals surface area contributed by atoms with Crippen LogP contribution in [0, 0.1) is 0 Å². The molecular weight excluding hydrogens is 226 g/mol. The van der Waals surface area contributed by atoms with Crippen LogP contribution in [0.5, 0.6) is 0 Å². The van der Waals surface area contributed by atoms with Gasteiger partial charge in [0.05, 0.1) is 17.7 Å². The van der Waals surface area contributed by atoms with Crippen molar-refractivity contribution in [2.75, 3.05) is 11.5 Å². The molecule has 0 aromatic carbocycles. The predicted octanol–water partition coefficient (Wildman–Crippen LogP) is 1.49. The van der Waals surface area contributed by atoms with Crippen molar-refractivity contribution in [3.8, 4) is 11.4 Å². The van der Waals surface area contributed by atoms with Gasteiger partial charge in [0.25, 0.3) is 0 Å². The van der Waals surface area contributed by atoms with Crippen molar-refractivity contribution < 1.29 is 8.94 Å². The second kappa shape index (κ2) is 3.95. The number of furan rings is 1. The molecule has 2 unspecified atom stereocenters. The summed E-state index contributed by atoms with van der Waals surface area (Å²) in [6, 6.07) is 1.92. The Balaban J connectivity index is 1.88. The van der Waals surface area contributed by atoms with Crippen molar-refractivity contribution in [3.05, 3.63) is 24.5 Å². The summed E-state index contributed by atoms with van der Waals surface area (Å²) in [4.78, 5) is 4.35. The lowest BCUT2D eigenvalue weighted by Crippen LogP contribution is -2.26. The normalized spacial score (nSPS) is 25.1. The topological polar surface area (TPSA) is 78.1 Å². The first-order chi connectivity index (χ1) is 7.84. The molecule has 0 amide bonds. The monoisotopic (exact) mass is 237 g/mol. The number of thioether (sulfide) groups is 1. The predicted molar refractivity (Wildman–Crippen MR) is 60.0 cm³/mol. The Bertz CT molecular complexity index is 468. The van der Waals surface area contributed by atoms with E-state index in [0.29, 0.717) is 11.7 Å². The highest BCUT2D eigenvalue weighted by Gasteiger charge is 2.31. The van der Waals surface area contributed by atoms with Crippen LogP contribution in [0.4, 0.5) is 0 Å². The highest BCUT2D eigenvalue weighted by Crippen LogP contribution is 2.31. The zero-order valence-electron chi connectivity index (χ0n) is 8.50. The van der Waals surface area contributed by atoms with Crippen LogP contribution in [-0.4, -0.2) is 27.7 Å². The van der Waals surface area contributed by atoms with E-state index in [1.54, 1.807) is 18.6 Å². The quantitative estimate of drug-likeness (QED) is 0.852. The molecule has 5 nitrogen and oxygen atoms in total. The lowest BCUT2D eigenvalue weighted by molar-refractivity contribution is 0.352. The summed E-state index contributed by atoms with van der Waals surface area (Å²) in [5.74, 6) is 3.28. The highest BCUT2D eigenvalue weighted by molar-refractivity contribution is 7.99. The molecule has 0 spiro atoms. The molecule has 2 aromatic heterocycles. The van der Waals surface area contributed by atoms with E-state index in [0.717, 1.165) is 17.1 Å². The maximum Gasteiger partial charge on any atom is 0.232 e. The Labute approximate surface area is 96.4 Å². The van der Waals surface area contributed by atoms with Gasteiger partial charge in [-0.2, -0.15) is 16.7 Å². The number of rotatable bonds is 2. The van der Waals surface area contributed by atoms with Crippen LogP contribution in [-0.2, 0) is 0 Å². The van der Waals surface area contributed by atoms with Gasteiger partial charge in [-0.1, -0.05) is 5.16 Å². The van der Waals surface area contributed by atoms with Gasteiger partial charge in [0.2, 0.25) is 11.7 Å². The molecule has 1 saturated heterocycles. The average Bonchev–Trinajstić information content (AvgIpc) is 2.96. The molecule has 2 aromatic rings. The third-order valence-corrected chi connectivity index (χ3v) is 3.88. The number of hydrogen-bond acceptors (Lipinski definition) is 6. The highest BCUT2D eigenvalue weighted by atomic mass is 32.2. The molecule has 0 saturated carbocycles. The first kappa shape index (κ1) is 9.92.